The van der Waals surface area contributed by atoms with Crippen LogP contribution in [0.2, 0.25) is 0 Å². The Morgan fingerprint density at radius 2 is 2.27 bits per heavy atom. The molecular formula is C15H24N4O3. The van der Waals surface area contributed by atoms with Crippen molar-refractivity contribution in [2.24, 2.45) is 0 Å². The molecule has 3 rings (SSSR count). The van der Waals surface area contributed by atoms with Crippen LogP contribution in [-0.4, -0.2) is 58.4 Å². The van der Waals surface area contributed by atoms with Gasteiger partial charge in [-0.2, -0.15) is 5.10 Å². The van der Waals surface area contributed by atoms with Crippen LogP contribution < -0.4 is 0 Å². The number of nitrogens with one attached hydrogen (secondary N) is 1. The zero-order valence-electron chi connectivity index (χ0n) is 13.1. The SMILES string of the molecule is Cc1nc([C@H]2CN(C(=O)CC[C@@H]3CCCCO3)CCO2)n[nH]1. The number of morpholine rings is 1. The zero-order chi connectivity index (χ0) is 15.4. The molecule has 0 radical (unpaired) electrons. The third kappa shape index (κ3) is 3.84. The molecule has 7 nitrogen and oxygen atoms in total. The second kappa shape index (κ2) is 7.19. The first-order valence-electron chi connectivity index (χ1n) is 8.12. The van der Waals surface area contributed by atoms with Crippen molar-refractivity contribution in [2.75, 3.05) is 26.3 Å². The third-order valence-electron chi connectivity index (χ3n) is 4.28. The summed E-state index contributed by atoms with van der Waals surface area (Å²) in [6.45, 7) is 4.39. The van der Waals surface area contributed by atoms with E-state index in [1.54, 1.807) is 0 Å². The van der Waals surface area contributed by atoms with Crippen LogP contribution in [0.1, 0.15) is 49.9 Å². The van der Waals surface area contributed by atoms with Gasteiger partial charge in [0.1, 0.15) is 11.9 Å². The predicted molar refractivity (Wildman–Crippen MR) is 79.2 cm³/mol. The predicted octanol–water partition coefficient (Wildman–Crippen LogP) is 1.36. The molecular weight excluding hydrogens is 284 g/mol. The van der Waals surface area contributed by atoms with Gasteiger partial charge in [0.2, 0.25) is 5.91 Å². The maximum atomic E-state index is 12.4. The van der Waals surface area contributed by atoms with Gasteiger partial charge in [-0.1, -0.05) is 0 Å². The van der Waals surface area contributed by atoms with Crippen LogP contribution in [0.15, 0.2) is 0 Å². The first kappa shape index (κ1) is 15.4. The smallest absolute Gasteiger partial charge is 0.222 e. The van der Waals surface area contributed by atoms with Gasteiger partial charge in [-0.15, -0.1) is 0 Å². The molecule has 122 valence electrons. The Kier molecular flexibility index (Phi) is 5.04. The number of nitrogens with zero attached hydrogens (tertiary/aromatic N) is 3. The summed E-state index contributed by atoms with van der Waals surface area (Å²) in [6.07, 6.45) is 4.83. The molecule has 0 spiro atoms. The molecule has 2 aliphatic heterocycles. The molecule has 1 amide bonds. The van der Waals surface area contributed by atoms with Gasteiger partial charge in [0.25, 0.3) is 0 Å². The second-order valence-corrected chi connectivity index (χ2v) is 6.01. The van der Waals surface area contributed by atoms with Crippen LogP contribution in [0, 0.1) is 6.92 Å². The van der Waals surface area contributed by atoms with Crippen molar-refractivity contribution < 1.29 is 14.3 Å². The number of amides is 1. The molecule has 2 aliphatic rings. The molecule has 3 heterocycles. The van der Waals surface area contributed by atoms with Gasteiger partial charge in [0.05, 0.1) is 19.3 Å². The van der Waals surface area contributed by atoms with Crippen LogP contribution >= 0.6 is 0 Å². The summed E-state index contributed by atoms with van der Waals surface area (Å²) < 4.78 is 11.4. The molecule has 1 aromatic rings. The monoisotopic (exact) mass is 308 g/mol. The van der Waals surface area contributed by atoms with E-state index in [-0.39, 0.29) is 18.1 Å². The summed E-state index contributed by atoms with van der Waals surface area (Å²) >= 11 is 0. The van der Waals surface area contributed by atoms with Crippen molar-refractivity contribution in [3.05, 3.63) is 11.6 Å². The Morgan fingerprint density at radius 3 is 3.00 bits per heavy atom. The number of rotatable bonds is 4. The summed E-state index contributed by atoms with van der Waals surface area (Å²) in [4.78, 5) is 18.6. The van der Waals surface area contributed by atoms with E-state index in [4.69, 9.17) is 9.47 Å². The van der Waals surface area contributed by atoms with Gasteiger partial charge in [-0.25, -0.2) is 4.98 Å². The highest BCUT2D eigenvalue weighted by Crippen LogP contribution is 2.21. The lowest BCUT2D eigenvalue weighted by atomic mass is 10.0. The maximum absolute atomic E-state index is 12.4. The van der Waals surface area contributed by atoms with E-state index in [1.165, 1.54) is 6.42 Å². The summed E-state index contributed by atoms with van der Waals surface area (Å²) in [6, 6.07) is 0. The molecule has 0 saturated carbocycles. The first-order valence-corrected chi connectivity index (χ1v) is 8.12. The van der Waals surface area contributed by atoms with Crippen molar-refractivity contribution >= 4 is 5.91 Å². The number of aromatic nitrogens is 3. The molecule has 0 bridgehead atoms. The summed E-state index contributed by atoms with van der Waals surface area (Å²) in [5.74, 6) is 1.57. The van der Waals surface area contributed by atoms with Crippen LogP contribution in [0.4, 0.5) is 0 Å². The number of ether oxygens (including phenoxy) is 2. The van der Waals surface area contributed by atoms with Gasteiger partial charge >= 0.3 is 0 Å². The van der Waals surface area contributed by atoms with E-state index in [0.717, 1.165) is 31.7 Å². The molecule has 2 atom stereocenters. The summed E-state index contributed by atoms with van der Waals surface area (Å²) in [5.41, 5.74) is 0. The van der Waals surface area contributed by atoms with Crippen molar-refractivity contribution in [3.8, 4) is 0 Å². The van der Waals surface area contributed by atoms with E-state index in [9.17, 15) is 4.79 Å². The number of aryl methyl sites for hydroxylation is 1. The zero-order valence-corrected chi connectivity index (χ0v) is 13.1. The van der Waals surface area contributed by atoms with Gasteiger partial charge in [0.15, 0.2) is 5.82 Å². The van der Waals surface area contributed by atoms with Gasteiger partial charge in [0, 0.05) is 19.6 Å². The van der Waals surface area contributed by atoms with Gasteiger partial charge in [-0.05, 0) is 32.6 Å². The Bertz CT molecular complexity index is 499. The standard InChI is InChI=1S/C15H24N4O3/c1-11-16-15(18-17-11)13-10-19(7-9-22-13)14(20)6-5-12-4-2-3-8-21-12/h12-13H,2-10H2,1H3,(H,16,17,18)/t12-,13+/m0/s1. The highest BCUT2D eigenvalue weighted by molar-refractivity contribution is 5.76. The Hall–Kier alpha value is -1.47. The largest absolute Gasteiger partial charge is 0.378 e. The number of aromatic amines is 1. The van der Waals surface area contributed by atoms with Crippen LogP contribution in [0.5, 0.6) is 0 Å². The minimum atomic E-state index is -0.228. The number of carbonyl (C=O) groups excluding carboxylic acids is 1. The quantitative estimate of drug-likeness (QED) is 0.908. The molecule has 22 heavy (non-hydrogen) atoms. The molecule has 0 aliphatic carbocycles. The molecule has 0 aromatic carbocycles. The number of hydrogen-bond acceptors (Lipinski definition) is 5. The van der Waals surface area contributed by atoms with Crippen molar-refractivity contribution in [1.82, 2.24) is 20.1 Å². The van der Waals surface area contributed by atoms with Gasteiger partial charge in [-0.3, -0.25) is 9.89 Å². The molecule has 2 fully saturated rings. The molecule has 2 saturated heterocycles. The summed E-state index contributed by atoms with van der Waals surface area (Å²) in [7, 11) is 0. The average Bonchev–Trinajstić information content (AvgIpc) is 3.00. The fourth-order valence-electron chi connectivity index (χ4n) is 3.01. The number of carbonyl (C=O) groups is 1. The lowest BCUT2D eigenvalue weighted by Gasteiger charge is -2.32. The van der Waals surface area contributed by atoms with E-state index < -0.39 is 0 Å². The van der Waals surface area contributed by atoms with Crippen LogP contribution in [0.3, 0.4) is 0 Å². The van der Waals surface area contributed by atoms with Gasteiger partial charge < -0.3 is 14.4 Å². The minimum absolute atomic E-state index is 0.176. The summed E-state index contributed by atoms with van der Waals surface area (Å²) in [5, 5.41) is 6.95. The van der Waals surface area contributed by atoms with Crippen molar-refractivity contribution in [2.45, 2.75) is 51.2 Å². The highest BCUT2D eigenvalue weighted by Gasteiger charge is 2.28. The Labute approximate surface area is 130 Å². The lowest BCUT2D eigenvalue weighted by molar-refractivity contribution is -0.140. The van der Waals surface area contributed by atoms with E-state index in [0.29, 0.717) is 31.9 Å². The lowest BCUT2D eigenvalue weighted by Crippen LogP contribution is -2.42. The molecule has 7 heteroatoms. The van der Waals surface area contributed by atoms with Crippen molar-refractivity contribution in [3.63, 3.8) is 0 Å². The number of hydrogen-bond donors (Lipinski definition) is 1. The Balaban J connectivity index is 1.49. The highest BCUT2D eigenvalue weighted by atomic mass is 16.5. The fraction of sp³-hybridized carbons (Fsp3) is 0.800. The van der Waals surface area contributed by atoms with E-state index in [1.807, 2.05) is 11.8 Å². The topological polar surface area (TPSA) is 80.3 Å². The second-order valence-electron chi connectivity index (χ2n) is 6.01. The normalized spacial score (nSPS) is 26.1. The Morgan fingerprint density at radius 1 is 1.36 bits per heavy atom. The average molecular weight is 308 g/mol. The maximum Gasteiger partial charge on any atom is 0.222 e. The number of H-pyrrole nitrogens is 1. The third-order valence-corrected chi connectivity index (χ3v) is 4.28. The fourth-order valence-corrected chi connectivity index (χ4v) is 3.01. The van der Waals surface area contributed by atoms with Crippen molar-refractivity contribution in [1.29, 1.82) is 0 Å². The van der Waals surface area contributed by atoms with Crippen LogP contribution in [-0.2, 0) is 14.3 Å². The van der Waals surface area contributed by atoms with Crippen LogP contribution in [0.25, 0.3) is 0 Å². The van der Waals surface area contributed by atoms with E-state index in [2.05, 4.69) is 15.2 Å². The molecule has 1 N–H and O–H groups in total. The molecule has 0 unspecified atom stereocenters. The first-order chi connectivity index (χ1) is 10.7. The van der Waals surface area contributed by atoms with E-state index >= 15 is 0 Å². The molecule has 1 aromatic heterocycles. The minimum Gasteiger partial charge on any atom is -0.378 e.